The van der Waals surface area contributed by atoms with E-state index in [1.54, 1.807) is 20.8 Å². The van der Waals surface area contributed by atoms with Gasteiger partial charge in [0.05, 0.1) is 0 Å². The van der Waals surface area contributed by atoms with Crippen LogP contribution in [0.15, 0.2) is 0 Å². The Morgan fingerprint density at radius 1 is 1.55 bits per heavy atom. The fraction of sp³-hybridized carbons (Fsp3) is 0.750. The molecule has 0 radical (unpaired) electrons. The first-order valence-corrected chi connectivity index (χ1v) is 3.56. The SMILES string of the molecule is CC#COC(C)C(O)(O)CC. The monoisotopic (exact) mass is 158 g/mol. The summed E-state index contributed by atoms with van der Waals surface area (Å²) in [4.78, 5) is 0. The van der Waals surface area contributed by atoms with Crippen LogP contribution >= 0.6 is 0 Å². The van der Waals surface area contributed by atoms with Crippen molar-refractivity contribution in [3.63, 3.8) is 0 Å². The van der Waals surface area contributed by atoms with Crippen LogP contribution in [0.4, 0.5) is 0 Å². The predicted molar refractivity (Wildman–Crippen MR) is 41.5 cm³/mol. The minimum absolute atomic E-state index is 0.222. The maximum absolute atomic E-state index is 9.18. The fourth-order valence-corrected chi connectivity index (χ4v) is 0.529. The first kappa shape index (κ1) is 10.3. The zero-order valence-corrected chi connectivity index (χ0v) is 7.09. The highest BCUT2D eigenvalue weighted by molar-refractivity contribution is 4.87. The molecule has 2 N–H and O–H groups in total. The molecule has 0 aliphatic carbocycles. The van der Waals surface area contributed by atoms with Crippen LogP contribution in [0.3, 0.4) is 0 Å². The Labute approximate surface area is 67.0 Å². The molecule has 0 fully saturated rings. The largest absolute Gasteiger partial charge is 0.438 e. The third-order valence-electron chi connectivity index (χ3n) is 1.51. The molecule has 3 heteroatoms. The predicted octanol–water partition coefficient (Wildman–Crippen LogP) is 0.463. The molecule has 3 nitrogen and oxygen atoms in total. The second-order valence-electron chi connectivity index (χ2n) is 2.34. The van der Waals surface area contributed by atoms with E-state index in [9.17, 15) is 10.2 Å². The molecular weight excluding hydrogens is 144 g/mol. The van der Waals surface area contributed by atoms with E-state index in [0.717, 1.165) is 0 Å². The zero-order chi connectivity index (χ0) is 8.91. The van der Waals surface area contributed by atoms with E-state index in [4.69, 9.17) is 4.74 Å². The summed E-state index contributed by atoms with van der Waals surface area (Å²) in [6, 6.07) is 0. The van der Waals surface area contributed by atoms with Crippen molar-refractivity contribution in [3.05, 3.63) is 0 Å². The van der Waals surface area contributed by atoms with E-state index in [1.807, 2.05) is 0 Å². The topological polar surface area (TPSA) is 49.7 Å². The summed E-state index contributed by atoms with van der Waals surface area (Å²) in [7, 11) is 0. The highest BCUT2D eigenvalue weighted by Crippen LogP contribution is 2.13. The molecule has 0 bridgehead atoms. The van der Waals surface area contributed by atoms with Gasteiger partial charge in [0.1, 0.15) is 6.11 Å². The van der Waals surface area contributed by atoms with E-state index in [1.165, 1.54) is 0 Å². The average molecular weight is 158 g/mol. The molecule has 1 atom stereocenters. The quantitative estimate of drug-likeness (QED) is 0.463. The molecule has 0 saturated carbocycles. The third-order valence-corrected chi connectivity index (χ3v) is 1.51. The van der Waals surface area contributed by atoms with Gasteiger partial charge < -0.3 is 14.9 Å². The van der Waals surface area contributed by atoms with Gasteiger partial charge >= 0.3 is 0 Å². The van der Waals surface area contributed by atoms with Crippen molar-refractivity contribution in [2.45, 2.75) is 39.1 Å². The number of hydrogen-bond donors (Lipinski definition) is 2. The van der Waals surface area contributed by atoms with E-state index in [-0.39, 0.29) is 6.42 Å². The van der Waals surface area contributed by atoms with Crippen molar-refractivity contribution in [2.24, 2.45) is 0 Å². The molecule has 64 valence electrons. The van der Waals surface area contributed by atoms with E-state index in [2.05, 4.69) is 12.0 Å². The van der Waals surface area contributed by atoms with Crippen LogP contribution in [0, 0.1) is 12.0 Å². The van der Waals surface area contributed by atoms with Crippen molar-refractivity contribution >= 4 is 0 Å². The zero-order valence-electron chi connectivity index (χ0n) is 7.09. The molecule has 0 aliphatic heterocycles. The Morgan fingerprint density at radius 3 is 2.45 bits per heavy atom. The van der Waals surface area contributed by atoms with E-state index >= 15 is 0 Å². The van der Waals surface area contributed by atoms with Gasteiger partial charge in [-0.15, -0.1) is 0 Å². The summed E-state index contributed by atoms with van der Waals surface area (Å²) in [5.74, 6) is 0.726. The molecule has 0 spiro atoms. The van der Waals surface area contributed by atoms with Crippen LogP contribution in [-0.2, 0) is 4.74 Å². The molecule has 0 aromatic carbocycles. The van der Waals surface area contributed by atoms with E-state index < -0.39 is 11.9 Å². The smallest absolute Gasteiger partial charge is 0.201 e. The van der Waals surface area contributed by atoms with Gasteiger partial charge in [0, 0.05) is 13.3 Å². The van der Waals surface area contributed by atoms with Gasteiger partial charge in [-0.25, -0.2) is 0 Å². The van der Waals surface area contributed by atoms with Gasteiger partial charge in [0.15, 0.2) is 6.10 Å². The van der Waals surface area contributed by atoms with Crippen molar-refractivity contribution in [1.29, 1.82) is 0 Å². The lowest BCUT2D eigenvalue weighted by Gasteiger charge is -2.24. The van der Waals surface area contributed by atoms with Crippen LogP contribution in [0.25, 0.3) is 0 Å². The van der Waals surface area contributed by atoms with Crippen molar-refractivity contribution in [2.75, 3.05) is 0 Å². The summed E-state index contributed by atoms with van der Waals surface area (Å²) in [5, 5.41) is 18.4. The van der Waals surface area contributed by atoms with Gasteiger partial charge in [-0.3, -0.25) is 0 Å². The molecule has 0 aromatic heterocycles. The normalized spacial score (nSPS) is 13.2. The van der Waals surface area contributed by atoms with Crippen LogP contribution in [0.1, 0.15) is 27.2 Å². The minimum Gasteiger partial charge on any atom is -0.438 e. The maximum atomic E-state index is 9.18. The van der Waals surface area contributed by atoms with Gasteiger partial charge in [-0.05, 0) is 6.92 Å². The number of aliphatic hydroxyl groups is 2. The lowest BCUT2D eigenvalue weighted by Crippen LogP contribution is -2.40. The first-order chi connectivity index (χ1) is 5.04. The summed E-state index contributed by atoms with van der Waals surface area (Å²) >= 11 is 0. The Hall–Kier alpha value is -0.720. The highest BCUT2D eigenvalue weighted by Gasteiger charge is 2.30. The van der Waals surface area contributed by atoms with Gasteiger partial charge in [0.2, 0.25) is 5.79 Å². The van der Waals surface area contributed by atoms with Crippen LogP contribution in [-0.4, -0.2) is 22.1 Å². The highest BCUT2D eigenvalue weighted by atomic mass is 16.6. The van der Waals surface area contributed by atoms with Gasteiger partial charge in [0.25, 0.3) is 0 Å². The van der Waals surface area contributed by atoms with Gasteiger partial charge in [-0.1, -0.05) is 12.8 Å². The summed E-state index contributed by atoms with van der Waals surface area (Å²) < 4.78 is 4.79. The number of ether oxygens (including phenoxy) is 1. The standard InChI is InChI=1S/C8H14O3/c1-4-6-11-7(3)8(9,10)5-2/h7,9-10H,5H2,1-3H3. The first-order valence-electron chi connectivity index (χ1n) is 3.56. The maximum Gasteiger partial charge on any atom is 0.201 e. The summed E-state index contributed by atoms with van der Waals surface area (Å²) in [6.07, 6.45) is 1.86. The lowest BCUT2D eigenvalue weighted by molar-refractivity contribution is -0.219. The fourth-order valence-electron chi connectivity index (χ4n) is 0.529. The molecule has 0 heterocycles. The molecular formula is C8H14O3. The molecule has 0 rings (SSSR count). The molecule has 1 unspecified atom stereocenters. The Morgan fingerprint density at radius 2 is 2.09 bits per heavy atom. The van der Waals surface area contributed by atoms with Crippen LogP contribution < -0.4 is 0 Å². The Balaban J connectivity index is 3.97. The minimum atomic E-state index is -1.77. The number of rotatable bonds is 3. The summed E-state index contributed by atoms with van der Waals surface area (Å²) in [5.41, 5.74) is 0. The third kappa shape index (κ3) is 3.26. The number of hydrogen-bond acceptors (Lipinski definition) is 3. The van der Waals surface area contributed by atoms with Crippen molar-refractivity contribution in [1.82, 2.24) is 0 Å². The van der Waals surface area contributed by atoms with Gasteiger partial charge in [-0.2, -0.15) is 0 Å². The molecule has 0 aromatic rings. The Bertz CT molecular complexity index is 164. The lowest BCUT2D eigenvalue weighted by atomic mass is 10.1. The van der Waals surface area contributed by atoms with Crippen LogP contribution in [0.2, 0.25) is 0 Å². The molecule has 0 saturated heterocycles. The van der Waals surface area contributed by atoms with Crippen molar-refractivity contribution < 1.29 is 14.9 Å². The molecule has 0 aliphatic rings. The average Bonchev–Trinajstić information content (AvgIpc) is 2.00. The Kier molecular flexibility index (Phi) is 3.94. The van der Waals surface area contributed by atoms with Crippen LogP contribution in [0.5, 0.6) is 0 Å². The molecule has 11 heavy (non-hydrogen) atoms. The van der Waals surface area contributed by atoms with E-state index in [0.29, 0.717) is 0 Å². The summed E-state index contributed by atoms with van der Waals surface area (Å²) in [6.45, 7) is 4.85. The van der Waals surface area contributed by atoms with Crippen molar-refractivity contribution in [3.8, 4) is 12.0 Å². The molecule has 0 amide bonds. The second-order valence-corrected chi connectivity index (χ2v) is 2.34. The second kappa shape index (κ2) is 4.22.